The van der Waals surface area contributed by atoms with Gasteiger partial charge in [-0.3, -0.25) is 15.1 Å². The molecule has 3 aromatic rings. The molecule has 1 amide bonds. The number of rotatable bonds is 5. The molecule has 0 radical (unpaired) electrons. The maximum atomic E-state index is 12.6. The van der Waals surface area contributed by atoms with Crippen molar-refractivity contribution < 1.29 is 9.53 Å². The van der Waals surface area contributed by atoms with Crippen LogP contribution in [0, 0.1) is 0 Å². The lowest BCUT2D eigenvalue weighted by Gasteiger charge is -2.20. The van der Waals surface area contributed by atoms with Gasteiger partial charge in [0, 0.05) is 29.0 Å². The largest absolute Gasteiger partial charge is 0.437 e. The molecule has 0 spiro atoms. The van der Waals surface area contributed by atoms with Crippen molar-refractivity contribution in [1.29, 1.82) is 0 Å². The van der Waals surface area contributed by atoms with Crippen LogP contribution in [-0.4, -0.2) is 33.9 Å². The van der Waals surface area contributed by atoms with Crippen LogP contribution in [0.3, 0.4) is 0 Å². The summed E-state index contributed by atoms with van der Waals surface area (Å²) in [5.41, 5.74) is 0.495. The number of benzene rings is 1. The molecule has 0 aliphatic carbocycles. The third-order valence-corrected chi connectivity index (χ3v) is 5.42. The van der Waals surface area contributed by atoms with Crippen LogP contribution < -0.4 is 15.4 Å². The van der Waals surface area contributed by atoms with Crippen LogP contribution in [0.2, 0.25) is 0 Å². The molecule has 7 nitrogen and oxygen atoms in total. The van der Waals surface area contributed by atoms with Gasteiger partial charge < -0.3 is 10.1 Å². The third-order valence-electron chi connectivity index (χ3n) is 4.34. The molecule has 1 aliphatic heterocycles. The van der Waals surface area contributed by atoms with Crippen LogP contribution in [0.15, 0.2) is 49.1 Å². The Morgan fingerprint density at radius 1 is 1.19 bits per heavy atom. The Morgan fingerprint density at radius 2 is 2.07 bits per heavy atom. The molecule has 0 saturated carbocycles. The van der Waals surface area contributed by atoms with E-state index in [9.17, 15) is 4.79 Å². The minimum Gasteiger partial charge on any atom is -0.437 e. The highest BCUT2D eigenvalue weighted by molar-refractivity contribution is 7.15. The summed E-state index contributed by atoms with van der Waals surface area (Å²) in [7, 11) is 0. The van der Waals surface area contributed by atoms with Gasteiger partial charge in [-0.2, -0.15) is 0 Å². The van der Waals surface area contributed by atoms with Gasteiger partial charge in [0.1, 0.15) is 5.75 Å². The highest BCUT2D eigenvalue weighted by Gasteiger charge is 2.18. The Kier molecular flexibility index (Phi) is 5.36. The monoisotopic (exact) mass is 381 g/mol. The maximum Gasteiger partial charge on any atom is 0.257 e. The molecule has 1 aliphatic rings. The van der Waals surface area contributed by atoms with Crippen LogP contribution in [0.4, 0.5) is 5.13 Å². The Labute approximate surface area is 160 Å². The normalized spacial score (nSPS) is 14.7. The summed E-state index contributed by atoms with van der Waals surface area (Å²) in [6.45, 7) is 2.06. The van der Waals surface area contributed by atoms with Crippen molar-refractivity contribution in [2.24, 2.45) is 0 Å². The van der Waals surface area contributed by atoms with Gasteiger partial charge in [0.15, 0.2) is 5.13 Å². The summed E-state index contributed by atoms with van der Waals surface area (Å²) >= 11 is 1.55. The van der Waals surface area contributed by atoms with Crippen molar-refractivity contribution in [3.8, 4) is 11.6 Å². The fourth-order valence-corrected chi connectivity index (χ4v) is 3.95. The molecule has 8 heteroatoms. The zero-order valence-corrected chi connectivity index (χ0v) is 15.4. The smallest absolute Gasteiger partial charge is 0.257 e. The Morgan fingerprint density at radius 3 is 2.89 bits per heavy atom. The van der Waals surface area contributed by atoms with E-state index in [0.29, 0.717) is 28.2 Å². The van der Waals surface area contributed by atoms with Crippen LogP contribution in [0.1, 0.15) is 34.0 Å². The lowest BCUT2D eigenvalue weighted by Crippen LogP contribution is -2.26. The van der Waals surface area contributed by atoms with Crippen LogP contribution in [0.25, 0.3) is 0 Å². The summed E-state index contributed by atoms with van der Waals surface area (Å²) in [6.07, 6.45) is 8.74. The zero-order valence-electron chi connectivity index (χ0n) is 14.6. The van der Waals surface area contributed by atoms with E-state index in [1.807, 2.05) is 6.20 Å². The van der Waals surface area contributed by atoms with Gasteiger partial charge in [-0.25, -0.2) is 9.97 Å². The predicted octanol–water partition coefficient (Wildman–Crippen LogP) is 3.44. The molecule has 1 fully saturated rings. The third kappa shape index (κ3) is 4.47. The SMILES string of the molecule is O=C(Nc1ncc(C2CCNCC2)s1)c1cccc(Oc2cnccn2)c1. The molecule has 0 atom stereocenters. The van der Waals surface area contributed by atoms with E-state index in [0.717, 1.165) is 25.9 Å². The molecule has 138 valence electrons. The second-order valence-corrected chi connectivity index (χ2v) is 7.28. The summed E-state index contributed by atoms with van der Waals surface area (Å²) in [6, 6.07) is 6.94. The highest BCUT2D eigenvalue weighted by Crippen LogP contribution is 2.32. The van der Waals surface area contributed by atoms with E-state index in [-0.39, 0.29) is 5.91 Å². The van der Waals surface area contributed by atoms with E-state index in [1.165, 1.54) is 11.1 Å². The first-order chi connectivity index (χ1) is 13.3. The molecule has 0 bridgehead atoms. The quantitative estimate of drug-likeness (QED) is 0.704. The van der Waals surface area contributed by atoms with Crippen molar-refractivity contribution in [2.45, 2.75) is 18.8 Å². The standard InChI is InChI=1S/C19H19N5O2S/c25-18(24-19-23-11-16(27-19)13-4-6-20-7-5-13)14-2-1-3-15(10-14)26-17-12-21-8-9-22-17/h1-3,8-13,20H,4-7H2,(H,23,24,25). The van der Waals surface area contributed by atoms with Gasteiger partial charge >= 0.3 is 0 Å². The topological polar surface area (TPSA) is 89.0 Å². The maximum absolute atomic E-state index is 12.6. The molecule has 3 heterocycles. The van der Waals surface area contributed by atoms with Gasteiger partial charge in [0.25, 0.3) is 5.91 Å². The summed E-state index contributed by atoms with van der Waals surface area (Å²) in [5.74, 6) is 1.21. The minimum atomic E-state index is -0.217. The molecule has 4 rings (SSSR count). The van der Waals surface area contributed by atoms with Gasteiger partial charge in [-0.05, 0) is 50.0 Å². The number of nitrogens with zero attached hydrogens (tertiary/aromatic N) is 3. The van der Waals surface area contributed by atoms with Crippen LogP contribution >= 0.6 is 11.3 Å². The summed E-state index contributed by atoms with van der Waals surface area (Å²) < 4.78 is 5.63. The van der Waals surface area contributed by atoms with Crippen LogP contribution in [-0.2, 0) is 0 Å². The predicted molar refractivity (Wildman–Crippen MR) is 103 cm³/mol. The zero-order chi connectivity index (χ0) is 18.5. The Bertz CT molecular complexity index is 909. The van der Waals surface area contributed by atoms with E-state index in [2.05, 4.69) is 25.6 Å². The fraction of sp³-hybridized carbons (Fsp3) is 0.263. The number of carbonyl (C=O) groups is 1. The molecule has 27 heavy (non-hydrogen) atoms. The second kappa shape index (κ2) is 8.24. The molecule has 2 aromatic heterocycles. The van der Waals surface area contributed by atoms with E-state index < -0.39 is 0 Å². The second-order valence-electron chi connectivity index (χ2n) is 6.22. The van der Waals surface area contributed by atoms with Gasteiger partial charge in [-0.1, -0.05) is 6.07 Å². The van der Waals surface area contributed by atoms with E-state index >= 15 is 0 Å². The number of hydrogen-bond donors (Lipinski definition) is 2. The van der Waals surface area contributed by atoms with Crippen LogP contribution in [0.5, 0.6) is 11.6 Å². The van der Waals surface area contributed by atoms with Crippen molar-refractivity contribution in [3.05, 3.63) is 59.5 Å². The molecular formula is C19H19N5O2S. The molecule has 0 unspecified atom stereocenters. The summed E-state index contributed by atoms with van der Waals surface area (Å²) in [5, 5.41) is 6.86. The highest BCUT2D eigenvalue weighted by atomic mass is 32.1. The average Bonchev–Trinajstić information content (AvgIpc) is 3.18. The number of carbonyl (C=O) groups excluding carboxylic acids is 1. The number of ether oxygens (including phenoxy) is 1. The number of piperidine rings is 1. The minimum absolute atomic E-state index is 0.217. The first kappa shape index (κ1) is 17.6. The first-order valence-corrected chi connectivity index (χ1v) is 9.61. The Balaban J connectivity index is 1.42. The number of aromatic nitrogens is 3. The number of anilines is 1. The number of nitrogens with one attached hydrogen (secondary N) is 2. The lowest BCUT2D eigenvalue weighted by atomic mass is 9.97. The first-order valence-electron chi connectivity index (χ1n) is 8.79. The number of amides is 1. The van der Waals surface area contributed by atoms with E-state index in [4.69, 9.17) is 4.74 Å². The van der Waals surface area contributed by atoms with Crippen molar-refractivity contribution in [3.63, 3.8) is 0 Å². The average molecular weight is 381 g/mol. The number of thiazole rings is 1. The van der Waals surface area contributed by atoms with Crippen molar-refractivity contribution in [1.82, 2.24) is 20.3 Å². The van der Waals surface area contributed by atoms with Gasteiger partial charge in [0.2, 0.25) is 5.88 Å². The fourth-order valence-electron chi connectivity index (χ4n) is 2.97. The van der Waals surface area contributed by atoms with Crippen molar-refractivity contribution >= 4 is 22.4 Å². The molecule has 1 saturated heterocycles. The summed E-state index contributed by atoms with van der Waals surface area (Å²) in [4.78, 5) is 26.2. The molecule has 2 N–H and O–H groups in total. The van der Waals surface area contributed by atoms with Crippen molar-refractivity contribution in [2.75, 3.05) is 18.4 Å². The van der Waals surface area contributed by atoms with Gasteiger partial charge in [0.05, 0.1) is 6.20 Å². The Hall–Kier alpha value is -2.84. The van der Waals surface area contributed by atoms with Gasteiger partial charge in [-0.15, -0.1) is 11.3 Å². The lowest BCUT2D eigenvalue weighted by molar-refractivity contribution is 0.102. The van der Waals surface area contributed by atoms with E-state index in [1.54, 1.807) is 48.0 Å². The molecular weight excluding hydrogens is 362 g/mol. The molecule has 1 aromatic carbocycles. The number of hydrogen-bond acceptors (Lipinski definition) is 7.